The number of anilines is 2. The van der Waals surface area contributed by atoms with Gasteiger partial charge in [0.15, 0.2) is 4.34 Å². The van der Waals surface area contributed by atoms with Gasteiger partial charge in [-0.15, -0.1) is 11.3 Å². The molecule has 1 aromatic heterocycles. The second kappa shape index (κ2) is 9.80. The van der Waals surface area contributed by atoms with E-state index < -0.39 is 5.82 Å². The number of amides is 2. The lowest BCUT2D eigenvalue weighted by Crippen LogP contribution is -2.14. The van der Waals surface area contributed by atoms with E-state index in [1.54, 1.807) is 49.6 Å². The summed E-state index contributed by atoms with van der Waals surface area (Å²) in [5.41, 5.74) is 2.09. The smallest absolute Gasteiger partial charge is 0.255 e. The molecule has 3 aromatic carbocycles. The Morgan fingerprint density at radius 1 is 1.06 bits per heavy atom. The monoisotopic (exact) mass is 467 g/mol. The lowest BCUT2D eigenvalue weighted by molar-refractivity contribution is -0.113. The lowest BCUT2D eigenvalue weighted by atomic mass is 10.2. The number of fused-ring (bicyclic) bond motifs is 1. The van der Waals surface area contributed by atoms with Gasteiger partial charge in [-0.05, 0) is 54.6 Å². The molecule has 0 aliphatic rings. The predicted octanol–water partition coefficient (Wildman–Crippen LogP) is 5.43. The van der Waals surface area contributed by atoms with Crippen LogP contribution < -0.4 is 15.4 Å². The Hall–Kier alpha value is -3.43. The highest BCUT2D eigenvalue weighted by atomic mass is 32.2. The highest BCUT2D eigenvalue weighted by Crippen LogP contribution is 2.31. The fourth-order valence-corrected chi connectivity index (χ4v) is 4.77. The number of thioether (sulfide) groups is 1. The van der Waals surface area contributed by atoms with Crippen molar-refractivity contribution in [3.05, 3.63) is 78.1 Å². The summed E-state index contributed by atoms with van der Waals surface area (Å²) in [6, 6.07) is 18.3. The maximum atomic E-state index is 13.7. The van der Waals surface area contributed by atoms with Crippen molar-refractivity contribution in [2.45, 2.75) is 4.34 Å². The van der Waals surface area contributed by atoms with Crippen molar-refractivity contribution in [2.24, 2.45) is 0 Å². The van der Waals surface area contributed by atoms with Crippen LogP contribution in [0.3, 0.4) is 0 Å². The zero-order valence-electron chi connectivity index (χ0n) is 16.9. The van der Waals surface area contributed by atoms with Crippen LogP contribution in [0.4, 0.5) is 15.8 Å². The number of carbonyl (C=O) groups excluding carboxylic acids is 2. The second-order valence-electron chi connectivity index (χ2n) is 6.66. The van der Waals surface area contributed by atoms with Gasteiger partial charge < -0.3 is 15.4 Å². The van der Waals surface area contributed by atoms with E-state index in [1.807, 2.05) is 12.1 Å². The Kier molecular flexibility index (Phi) is 6.67. The van der Waals surface area contributed by atoms with Gasteiger partial charge in [0.2, 0.25) is 5.91 Å². The van der Waals surface area contributed by atoms with Gasteiger partial charge in [-0.1, -0.05) is 23.9 Å². The number of methoxy groups -OCH3 is 1. The number of rotatable bonds is 7. The fourth-order valence-electron chi connectivity index (χ4n) is 2.86. The Morgan fingerprint density at radius 2 is 1.84 bits per heavy atom. The van der Waals surface area contributed by atoms with E-state index >= 15 is 0 Å². The molecule has 1 heterocycles. The topological polar surface area (TPSA) is 80.3 Å². The minimum Gasteiger partial charge on any atom is -0.497 e. The molecule has 0 spiro atoms. The molecule has 2 amide bonds. The number of benzene rings is 3. The third-order valence-electron chi connectivity index (χ3n) is 4.45. The Bertz CT molecular complexity index is 1280. The summed E-state index contributed by atoms with van der Waals surface area (Å²) in [6.07, 6.45) is 0. The molecule has 0 atom stereocenters. The standard InChI is InChI=1S/C23H18FN3O3S2/c1-30-16-9-6-14(7-10-16)22(29)25-15-8-11-19-20(12-15)32-23(27-19)31-13-21(28)26-18-5-3-2-4-17(18)24/h2-12H,13H2,1H3,(H,25,29)(H,26,28). The number of nitrogens with one attached hydrogen (secondary N) is 2. The van der Waals surface area contributed by atoms with Crippen LogP contribution in [0.15, 0.2) is 71.1 Å². The van der Waals surface area contributed by atoms with Crippen LogP contribution in [0, 0.1) is 5.82 Å². The minimum atomic E-state index is -0.477. The summed E-state index contributed by atoms with van der Waals surface area (Å²) >= 11 is 2.69. The van der Waals surface area contributed by atoms with Crippen LogP contribution in [-0.2, 0) is 4.79 Å². The average molecular weight is 468 g/mol. The zero-order valence-corrected chi connectivity index (χ0v) is 18.6. The van der Waals surface area contributed by atoms with Gasteiger partial charge in [-0.25, -0.2) is 9.37 Å². The van der Waals surface area contributed by atoms with Gasteiger partial charge >= 0.3 is 0 Å². The molecule has 0 saturated carbocycles. The quantitative estimate of drug-likeness (QED) is 0.355. The van der Waals surface area contributed by atoms with E-state index in [4.69, 9.17) is 4.74 Å². The zero-order chi connectivity index (χ0) is 22.5. The third-order valence-corrected chi connectivity index (χ3v) is 6.61. The lowest BCUT2D eigenvalue weighted by Gasteiger charge is -2.06. The van der Waals surface area contributed by atoms with Gasteiger partial charge in [-0.2, -0.15) is 0 Å². The number of carbonyl (C=O) groups is 2. The summed E-state index contributed by atoms with van der Waals surface area (Å²) in [5, 5.41) is 5.43. The Balaban J connectivity index is 1.38. The molecule has 0 fully saturated rings. The molecule has 0 aliphatic carbocycles. The minimum absolute atomic E-state index is 0.106. The molecule has 0 radical (unpaired) electrons. The van der Waals surface area contributed by atoms with Gasteiger partial charge in [0.25, 0.3) is 5.91 Å². The SMILES string of the molecule is COc1ccc(C(=O)Nc2ccc3nc(SCC(=O)Nc4ccccc4F)sc3c2)cc1. The van der Waals surface area contributed by atoms with Crippen molar-refractivity contribution in [1.82, 2.24) is 4.98 Å². The summed E-state index contributed by atoms with van der Waals surface area (Å²) in [7, 11) is 1.57. The van der Waals surface area contributed by atoms with E-state index in [-0.39, 0.29) is 23.3 Å². The van der Waals surface area contributed by atoms with Crippen LogP contribution >= 0.6 is 23.1 Å². The van der Waals surface area contributed by atoms with E-state index in [0.29, 0.717) is 21.3 Å². The van der Waals surface area contributed by atoms with Crippen LogP contribution in [0.25, 0.3) is 10.2 Å². The highest BCUT2D eigenvalue weighted by Gasteiger charge is 2.12. The van der Waals surface area contributed by atoms with Crippen LogP contribution in [0.5, 0.6) is 5.75 Å². The first-order chi connectivity index (χ1) is 15.5. The molecule has 0 bridgehead atoms. The summed E-state index contributed by atoms with van der Waals surface area (Å²) in [6.45, 7) is 0. The molecule has 32 heavy (non-hydrogen) atoms. The van der Waals surface area contributed by atoms with E-state index in [2.05, 4.69) is 15.6 Å². The van der Waals surface area contributed by atoms with E-state index in [9.17, 15) is 14.0 Å². The molecule has 162 valence electrons. The molecule has 0 unspecified atom stereocenters. The first-order valence-electron chi connectivity index (χ1n) is 9.55. The number of halogens is 1. The number of thiazole rings is 1. The number of para-hydroxylation sites is 1. The van der Waals surface area contributed by atoms with Crippen molar-refractivity contribution in [3.8, 4) is 5.75 Å². The second-order valence-corrected chi connectivity index (χ2v) is 8.91. The maximum Gasteiger partial charge on any atom is 0.255 e. The first kappa shape index (κ1) is 21.8. The van der Waals surface area contributed by atoms with Gasteiger partial charge in [-0.3, -0.25) is 9.59 Å². The van der Waals surface area contributed by atoms with E-state index in [1.165, 1.54) is 35.2 Å². The van der Waals surface area contributed by atoms with Crippen molar-refractivity contribution in [1.29, 1.82) is 0 Å². The summed E-state index contributed by atoms with van der Waals surface area (Å²) in [5.74, 6) is -0.229. The number of nitrogens with zero attached hydrogens (tertiary/aromatic N) is 1. The molecular weight excluding hydrogens is 449 g/mol. The normalized spacial score (nSPS) is 10.7. The molecule has 9 heteroatoms. The van der Waals surface area contributed by atoms with Crippen LogP contribution in [-0.4, -0.2) is 29.7 Å². The van der Waals surface area contributed by atoms with Gasteiger partial charge in [0.05, 0.1) is 28.8 Å². The fraction of sp³-hybridized carbons (Fsp3) is 0.0870. The van der Waals surface area contributed by atoms with Crippen LogP contribution in [0.2, 0.25) is 0 Å². The summed E-state index contributed by atoms with van der Waals surface area (Å²) < 4.78 is 20.4. The van der Waals surface area contributed by atoms with Crippen molar-refractivity contribution < 1.29 is 18.7 Å². The largest absolute Gasteiger partial charge is 0.497 e. The molecule has 0 saturated heterocycles. The third kappa shape index (κ3) is 5.24. The molecule has 0 aliphatic heterocycles. The number of ether oxygens (including phenoxy) is 1. The number of aromatic nitrogens is 1. The van der Waals surface area contributed by atoms with Crippen molar-refractivity contribution in [3.63, 3.8) is 0 Å². The van der Waals surface area contributed by atoms with Crippen molar-refractivity contribution >= 4 is 56.5 Å². The number of hydrogen-bond donors (Lipinski definition) is 2. The number of hydrogen-bond acceptors (Lipinski definition) is 6. The van der Waals surface area contributed by atoms with Crippen LogP contribution in [0.1, 0.15) is 10.4 Å². The Morgan fingerprint density at radius 3 is 2.59 bits per heavy atom. The summed E-state index contributed by atoms with van der Waals surface area (Å²) in [4.78, 5) is 29.1. The van der Waals surface area contributed by atoms with Gasteiger partial charge in [0.1, 0.15) is 11.6 Å². The Labute approximate surface area is 191 Å². The molecule has 2 N–H and O–H groups in total. The average Bonchev–Trinajstić information content (AvgIpc) is 3.21. The molecule has 6 nitrogen and oxygen atoms in total. The maximum absolute atomic E-state index is 13.7. The molecular formula is C23H18FN3O3S2. The van der Waals surface area contributed by atoms with E-state index in [0.717, 1.165) is 10.2 Å². The van der Waals surface area contributed by atoms with Crippen molar-refractivity contribution in [2.75, 3.05) is 23.5 Å². The molecule has 4 rings (SSSR count). The highest BCUT2D eigenvalue weighted by molar-refractivity contribution is 8.01. The molecule has 4 aromatic rings. The predicted molar refractivity (Wildman–Crippen MR) is 126 cm³/mol. The first-order valence-corrected chi connectivity index (χ1v) is 11.4. The van der Waals surface area contributed by atoms with Gasteiger partial charge in [0, 0.05) is 11.3 Å².